The zero-order chi connectivity index (χ0) is 17.6. The Hall–Kier alpha value is -1.06. The van der Waals surface area contributed by atoms with Crippen LogP contribution in [0.4, 0.5) is 0 Å². The van der Waals surface area contributed by atoms with Crippen LogP contribution in [-0.4, -0.2) is 40.9 Å². The fourth-order valence-electron chi connectivity index (χ4n) is 3.65. The molecule has 0 fully saturated rings. The number of rotatable bonds is 15. The van der Waals surface area contributed by atoms with Gasteiger partial charge in [0.05, 0.1) is 18.8 Å². The Balaban J connectivity index is 2.15. The molecule has 0 radical (unpaired) electrons. The summed E-state index contributed by atoms with van der Waals surface area (Å²) < 4.78 is 0. The minimum absolute atomic E-state index is 0.137. The maximum Gasteiger partial charge on any atom is 0.305 e. The molecule has 0 aromatic rings. The lowest BCUT2D eigenvalue weighted by Gasteiger charge is -2.29. The Morgan fingerprint density at radius 3 is 2.17 bits per heavy atom. The van der Waals surface area contributed by atoms with Gasteiger partial charge in [-0.15, -0.1) is 0 Å². The highest BCUT2D eigenvalue weighted by Gasteiger charge is 2.25. The third kappa shape index (κ3) is 8.70. The van der Waals surface area contributed by atoms with Crippen LogP contribution in [0, 0.1) is 0 Å². The molecule has 0 amide bonds. The van der Waals surface area contributed by atoms with E-state index < -0.39 is 5.97 Å². The van der Waals surface area contributed by atoms with Gasteiger partial charge in [-0.25, -0.2) is 0 Å². The fraction of sp³-hybridized carbons (Fsp3) is 0.900. The van der Waals surface area contributed by atoms with Crippen molar-refractivity contribution in [3.8, 4) is 0 Å². The Labute approximate surface area is 148 Å². The number of hydrogen-bond acceptors (Lipinski definition) is 3. The first kappa shape index (κ1) is 21.0. The minimum atomic E-state index is -0.686. The van der Waals surface area contributed by atoms with Crippen molar-refractivity contribution in [2.75, 3.05) is 13.1 Å². The molecule has 4 nitrogen and oxygen atoms in total. The van der Waals surface area contributed by atoms with E-state index in [1.165, 1.54) is 57.8 Å². The van der Waals surface area contributed by atoms with Gasteiger partial charge in [-0.3, -0.25) is 9.79 Å². The summed E-state index contributed by atoms with van der Waals surface area (Å²) in [7, 11) is 0. The van der Waals surface area contributed by atoms with Crippen LogP contribution in [0.25, 0.3) is 0 Å². The van der Waals surface area contributed by atoms with E-state index in [-0.39, 0.29) is 12.5 Å². The molecule has 0 saturated heterocycles. The molecule has 24 heavy (non-hydrogen) atoms. The van der Waals surface area contributed by atoms with E-state index in [9.17, 15) is 9.90 Å². The molecule has 0 aromatic heterocycles. The highest BCUT2D eigenvalue weighted by Crippen LogP contribution is 2.19. The quantitative estimate of drug-likeness (QED) is 0.414. The number of hydrogen-bond donors (Lipinski definition) is 1. The highest BCUT2D eigenvalue weighted by molar-refractivity contribution is 5.84. The molecular weight excluding hydrogens is 300 g/mol. The van der Waals surface area contributed by atoms with Crippen molar-refractivity contribution in [2.45, 2.75) is 103 Å². The zero-order valence-corrected chi connectivity index (χ0v) is 15.9. The van der Waals surface area contributed by atoms with Crippen molar-refractivity contribution in [1.82, 2.24) is 4.90 Å². The van der Waals surface area contributed by atoms with E-state index in [4.69, 9.17) is 0 Å². The van der Waals surface area contributed by atoms with Crippen molar-refractivity contribution >= 4 is 11.8 Å². The first-order valence-electron chi connectivity index (χ1n) is 10.2. The molecule has 1 aliphatic rings. The van der Waals surface area contributed by atoms with E-state index >= 15 is 0 Å². The van der Waals surface area contributed by atoms with Crippen molar-refractivity contribution < 1.29 is 9.90 Å². The molecule has 1 unspecified atom stereocenters. The van der Waals surface area contributed by atoms with Gasteiger partial charge in [0.1, 0.15) is 0 Å². The van der Waals surface area contributed by atoms with Crippen LogP contribution in [0.15, 0.2) is 4.99 Å². The molecule has 0 bridgehead atoms. The number of unbranched alkanes of at least 4 members (excludes halogenated alkanes) is 9. The predicted molar refractivity (Wildman–Crippen MR) is 102 cm³/mol. The minimum Gasteiger partial charge on any atom is -0.481 e. The summed E-state index contributed by atoms with van der Waals surface area (Å²) in [4.78, 5) is 17.9. The van der Waals surface area contributed by atoms with Crippen molar-refractivity contribution in [1.29, 1.82) is 0 Å². The van der Waals surface area contributed by atoms with Crippen LogP contribution in [0.2, 0.25) is 0 Å². The molecular formula is C20H38N2O2. The Bertz CT molecular complexity index is 369. The number of carboxylic acids is 1. The average Bonchev–Trinajstić information content (AvgIpc) is 3.03. The molecule has 0 saturated carbocycles. The zero-order valence-electron chi connectivity index (χ0n) is 15.9. The number of aliphatic carboxylic acids is 1. The summed E-state index contributed by atoms with van der Waals surface area (Å²) in [6.45, 7) is 6.10. The van der Waals surface area contributed by atoms with Crippen molar-refractivity contribution in [2.24, 2.45) is 4.99 Å². The van der Waals surface area contributed by atoms with Crippen LogP contribution in [0.1, 0.15) is 97.3 Å². The van der Waals surface area contributed by atoms with Gasteiger partial charge in [-0.2, -0.15) is 0 Å². The standard InChI is InChI=1S/C20H38N2O2/c1-3-5-6-7-8-9-10-11-12-13-14-18(17-20(23)24)22-16-15-21-19(22)4-2/h18H,3-17H2,1-2H3,(H,23,24). The SMILES string of the molecule is CCCCCCCCCCCCC(CC(=O)O)N1CCN=C1CC. The molecule has 1 aliphatic heterocycles. The van der Waals surface area contributed by atoms with E-state index in [2.05, 4.69) is 23.7 Å². The maximum absolute atomic E-state index is 11.2. The van der Waals surface area contributed by atoms with Gasteiger partial charge in [0, 0.05) is 19.0 Å². The second-order valence-electron chi connectivity index (χ2n) is 7.07. The van der Waals surface area contributed by atoms with Gasteiger partial charge < -0.3 is 10.0 Å². The molecule has 0 aromatic carbocycles. The highest BCUT2D eigenvalue weighted by atomic mass is 16.4. The Kier molecular flexibility index (Phi) is 11.6. The Morgan fingerprint density at radius 1 is 1.04 bits per heavy atom. The molecule has 1 N–H and O–H groups in total. The molecule has 1 atom stereocenters. The summed E-state index contributed by atoms with van der Waals surface area (Å²) in [5, 5.41) is 9.20. The number of nitrogens with zero attached hydrogens (tertiary/aromatic N) is 2. The van der Waals surface area contributed by atoms with Crippen molar-refractivity contribution in [3.63, 3.8) is 0 Å². The van der Waals surface area contributed by atoms with Gasteiger partial charge >= 0.3 is 5.97 Å². The lowest BCUT2D eigenvalue weighted by atomic mass is 10.0. The molecule has 1 heterocycles. The first-order valence-corrected chi connectivity index (χ1v) is 10.2. The lowest BCUT2D eigenvalue weighted by molar-refractivity contribution is -0.138. The molecule has 1 rings (SSSR count). The summed E-state index contributed by atoms with van der Waals surface area (Å²) >= 11 is 0. The Morgan fingerprint density at radius 2 is 1.62 bits per heavy atom. The molecule has 0 aliphatic carbocycles. The topological polar surface area (TPSA) is 52.9 Å². The van der Waals surface area contributed by atoms with Gasteiger partial charge in [-0.05, 0) is 6.42 Å². The van der Waals surface area contributed by atoms with Crippen LogP contribution >= 0.6 is 0 Å². The normalized spacial score (nSPS) is 15.6. The number of amidine groups is 1. The van der Waals surface area contributed by atoms with Gasteiger partial charge in [-0.1, -0.05) is 78.1 Å². The smallest absolute Gasteiger partial charge is 0.305 e. The monoisotopic (exact) mass is 338 g/mol. The second-order valence-corrected chi connectivity index (χ2v) is 7.07. The number of aliphatic imine (C=N–C) groups is 1. The van der Waals surface area contributed by atoms with Gasteiger partial charge in [0.25, 0.3) is 0 Å². The largest absolute Gasteiger partial charge is 0.481 e. The summed E-state index contributed by atoms with van der Waals surface area (Å²) in [6, 6.07) is 0.137. The summed E-state index contributed by atoms with van der Waals surface area (Å²) in [5.74, 6) is 0.419. The number of carbonyl (C=O) groups is 1. The lowest BCUT2D eigenvalue weighted by Crippen LogP contribution is -2.39. The molecule has 140 valence electrons. The predicted octanol–water partition coefficient (Wildman–Crippen LogP) is 5.26. The molecule has 4 heteroatoms. The molecule has 0 spiro atoms. The van der Waals surface area contributed by atoms with Crippen LogP contribution in [0.5, 0.6) is 0 Å². The second kappa shape index (κ2) is 13.3. The van der Waals surface area contributed by atoms with E-state index in [1.54, 1.807) is 0 Å². The van der Waals surface area contributed by atoms with Crippen LogP contribution in [0.3, 0.4) is 0 Å². The average molecular weight is 339 g/mol. The third-order valence-corrected chi connectivity index (χ3v) is 5.02. The van der Waals surface area contributed by atoms with Gasteiger partial charge in [0.2, 0.25) is 0 Å². The van der Waals surface area contributed by atoms with Crippen LogP contribution < -0.4 is 0 Å². The fourth-order valence-corrected chi connectivity index (χ4v) is 3.65. The van der Waals surface area contributed by atoms with E-state index in [0.717, 1.165) is 38.2 Å². The first-order chi connectivity index (χ1) is 11.7. The third-order valence-electron chi connectivity index (χ3n) is 5.02. The van der Waals surface area contributed by atoms with E-state index in [1.807, 2.05) is 0 Å². The summed E-state index contributed by atoms with van der Waals surface area (Å²) in [5.41, 5.74) is 0. The van der Waals surface area contributed by atoms with Gasteiger partial charge in [0.15, 0.2) is 0 Å². The summed E-state index contributed by atoms with van der Waals surface area (Å²) in [6.07, 6.45) is 15.4. The van der Waals surface area contributed by atoms with Crippen LogP contribution in [-0.2, 0) is 4.79 Å². The van der Waals surface area contributed by atoms with Crippen molar-refractivity contribution in [3.05, 3.63) is 0 Å². The maximum atomic E-state index is 11.2. The number of carboxylic acid groups (broad SMARTS) is 1. The van der Waals surface area contributed by atoms with E-state index in [0.29, 0.717) is 0 Å².